The molecule has 8 heteroatoms. The first-order valence-electron chi connectivity index (χ1n) is 11.0. The molecule has 0 aliphatic heterocycles. The highest BCUT2D eigenvalue weighted by Gasteiger charge is 2.27. The quantitative estimate of drug-likeness (QED) is 0.632. The lowest BCUT2D eigenvalue weighted by Gasteiger charge is -2.19. The summed E-state index contributed by atoms with van der Waals surface area (Å²) in [5.41, 5.74) is 2.58. The van der Waals surface area contributed by atoms with Crippen molar-refractivity contribution in [2.45, 2.75) is 88.8 Å². The number of amides is 1. The zero-order chi connectivity index (χ0) is 21.1. The van der Waals surface area contributed by atoms with Crippen LogP contribution in [0.3, 0.4) is 0 Å². The van der Waals surface area contributed by atoms with Gasteiger partial charge < -0.3 is 14.3 Å². The largest absolute Gasteiger partial charge is 0.416 e. The third-order valence-electron chi connectivity index (χ3n) is 6.52. The average Bonchev–Trinajstić information content (AvgIpc) is 3.49. The van der Waals surface area contributed by atoms with Crippen LogP contribution in [0.15, 0.2) is 9.64 Å². The second-order valence-corrected chi connectivity index (χ2v) is 9.36. The minimum atomic E-state index is -0.161. The summed E-state index contributed by atoms with van der Waals surface area (Å²) in [5.74, 6) is 1.70. The van der Waals surface area contributed by atoms with Crippen molar-refractivity contribution >= 4 is 23.5 Å². The summed E-state index contributed by atoms with van der Waals surface area (Å²) in [6, 6.07) is 2.63. The molecule has 0 bridgehead atoms. The molecule has 0 radical (unpaired) electrons. The molecular weight excluding hydrogens is 398 g/mol. The summed E-state index contributed by atoms with van der Waals surface area (Å²) in [5, 5.41) is 21.4. The fourth-order valence-electron chi connectivity index (χ4n) is 4.79. The molecule has 0 aromatic carbocycles. The van der Waals surface area contributed by atoms with Crippen LogP contribution in [0.4, 0.5) is 5.82 Å². The number of aromatic nitrogens is 3. The van der Waals surface area contributed by atoms with E-state index in [0.717, 1.165) is 36.9 Å². The van der Waals surface area contributed by atoms with Crippen LogP contribution in [-0.4, -0.2) is 26.4 Å². The van der Waals surface area contributed by atoms with E-state index in [-0.39, 0.29) is 11.7 Å². The van der Waals surface area contributed by atoms with Gasteiger partial charge in [0.1, 0.15) is 11.9 Å². The molecule has 2 fully saturated rings. The second-order valence-electron chi connectivity index (χ2n) is 8.43. The van der Waals surface area contributed by atoms with E-state index in [1.54, 1.807) is 0 Å². The summed E-state index contributed by atoms with van der Waals surface area (Å²) < 4.78 is 7.96. The first-order valence-corrected chi connectivity index (χ1v) is 11.9. The highest BCUT2D eigenvalue weighted by molar-refractivity contribution is 7.99. The number of carbonyl (C=O) groups is 1. The van der Waals surface area contributed by atoms with Gasteiger partial charge in [-0.2, -0.15) is 5.26 Å². The molecule has 0 unspecified atom stereocenters. The van der Waals surface area contributed by atoms with E-state index in [2.05, 4.69) is 26.2 Å². The zero-order valence-corrected chi connectivity index (χ0v) is 18.6. The van der Waals surface area contributed by atoms with Crippen LogP contribution in [0.1, 0.15) is 92.5 Å². The van der Waals surface area contributed by atoms with Crippen LogP contribution in [-0.2, 0) is 4.79 Å². The monoisotopic (exact) mass is 427 g/mol. The highest BCUT2D eigenvalue weighted by Crippen LogP contribution is 2.38. The molecule has 4 rings (SSSR count). The standard InChI is InChI=1S/C22H29N5O2S/c1-14-15(2)27(17-10-6-7-11-17)20(18(14)12-23)24-19(28)13-30-22-26-25-21(29-22)16-8-4-3-5-9-16/h16-17H,3-11,13H2,1-2H3,(H,24,28). The lowest BCUT2D eigenvalue weighted by atomic mass is 9.89. The van der Waals surface area contributed by atoms with Crippen molar-refractivity contribution in [2.24, 2.45) is 0 Å². The first-order chi connectivity index (χ1) is 14.6. The van der Waals surface area contributed by atoms with Gasteiger partial charge in [0.25, 0.3) is 5.22 Å². The van der Waals surface area contributed by atoms with Gasteiger partial charge in [-0.05, 0) is 45.1 Å². The smallest absolute Gasteiger partial charge is 0.277 e. The summed E-state index contributed by atoms with van der Waals surface area (Å²) in [7, 11) is 0. The normalized spacial score (nSPS) is 17.9. The van der Waals surface area contributed by atoms with Crippen LogP contribution in [0, 0.1) is 25.2 Å². The number of nitrogens with one attached hydrogen (secondary N) is 1. The fraction of sp³-hybridized carbons (Fsp3) is 0.636. The Balaban J connectivity index is 1.42. The molecule has 160 valence electrons. The van der Waals surface area contributed by atoms with Gasteiger partial charge in [0.05, 0.1) is 11.3 Å². The van der Waals surface area contributed by atoms with Crippen molar-refractivity contribution in [1.29, 1.82) is 5.26 Å². The molecule has 1 amide bonds. The third-order valence-corrected chi connectivity index (χ3v) is 7.34. The molecule has 2 aliphatic rings. The number of rotatable bonds is 6. The maximum atomic E-state index is 12.7. The van der Waals surface area contributed by atoms with Crippen molar-refractivity contribution < 1.29 is 9.21 Å². The van der Waals surface area contributed by atoms with Crippen LogP contribution < -0.4 is 5.32 Å². The topological polar surface area (TPSA) is 96.7 Å². The number of nitriles is 1. The highest BCUT2D eigenvalue weighted by atomic mass is 32.2. The van der Waals surface area contributed by atoms with Gasteiger partial charge in [-0.25, -0.2) is 0 Å². The Morgan fingerprint density at radius 2 is 1.87 bits per heavy atom. The first kappa shape index (κ1) is 21.0. The van der Waals surface area contributed by atoms with E-state index >= 15 is 0 Å². The van der Waals surface area contributed by atoms with Crippen molar-refractivity contribution in [3.8, 4) is 6.07 Å². The SMILES string of the molecule is Cc1c(C#N)c(NC(=O)CSc2nnc(C3CCCCC3)o2)n(C2CCCC2)c1C. The Bertz CT molecular complexity index is 946. The van der Waals surface area contributed by atoms with Crippen molar-refractivity contribution in [2.75, 3.05) is 11.1 Å². The van der Waals surface area contributed by atoms with Crippen LogP contribution in [0.5, 0.6) is 0 Å². The number of anilines is 1. The van der Waals surface area contributed by atoms with Gasteiger partial charge in [0.15, 0.2) is 0 Å². The third kappa shape index (κ3) is 4.27. The number of thioether (sulfide) groups is 1. The molecule has 2 aromatic heterocycles. The predicted octanol–water partition coefficient (Wildman–Crippen LogP) is 5.25. The van der Waals surface area contributed by atoms with Gasteiger partial charge in [-0.3, -0.25) is 4.79 Å². The van der Waals surface area contributed by atoms with E-state index in [9.17, 15) is 10.1 Å². The number of hydrogen-bond acceptors (Lipinski definition) is 6. The van der Waals surface area contributed by atoms with Crippen LogP contribution in [0.2, 0.25) is 0 Å². The Hall–Kier alpha value is -2.27. The number of carbonyl (C=O) groups excluding carboxylic acids is 1. The van der Waals surface area contributed by atoms with E-state index in [0.29, 0.717) is 34.5 Å². The molecule has 2 aliphatic carbocycles. The van der Waals surface area contributed by atoms with Crippen molar-refractivity contribution in [1.82, 2.24) is 14.8 Å². The van der Waals surface area contributed by atoms with E-state index in [4.69, 9.17) is 4.42 Å². The minimum Gasteiger partial charge on any atom is -0.416 e. The molecule has 7 nitrogen and oxygen atoms in total. The summed E-state index contributed by atoms with van der Waals surface area (Å²) >= 11 is 1.25. The zero-order valence-electron chi connectivity index (χ0n) is 17.7. The Morgan fingerprint density at radius 1 is 1.17 bits per heavy atom. The van der Waals surface area contributed by atoms with Gasteiger partial charge >= 0.3 is 0 Å². The van der Waals surface area contributed by atoms with Crippen LogP contribution >= 0.6 is 11.8 Å². The van der Waals surface area contributed by atoms with Crippen molar-refractivity contribution in [3.63, 3.8) is 0 Å². The number of hydrogen-bond donors (Lipinski definition) is 1. The predicted molar refractivity (Wildman–Crippen MR) is 116 cm³/mol. The Kier molecular flexibility index (Phi) is 6.47. The van der Waals surface area contributed by atoms with Crippen LogP contribution in [0.25, 0.3) is 0 Å². The molecule has 2 saturated carbocycles. The molecule has 2 aromatic rings. The Morgan fingerprint density at radius 3 is 2.57 bits per heavy atom. The van der Waals surface area contributed by atoms with Gasteiger partial charge in [-0.15, -0.1) is 10.2 Å². The van der Waals surface area contributed by atoms with Crippen molar-refractivity contribution in [3.05, 3.63) is 22.7 Å². The Labute approximate surface area is 181 Å². The lowest BCUT2D eigenvalue weighted by molar-refractivity contribution is -0.113. The van der Waals surface area contributed by atoms with Gasteiger partial charge in [0.2, 0.25) is 11.8 Å². The average molecular weight is 428 g/mol. The lowest BCUT2D eigenvalue weighted by Crippen LogP contribution is -2.19. The molecule has 0 atom stereocenters. The molecule has 1 N–H and O–H groups in total. The molecule has 2 heterocycles. The van der Waals surface area contributed by atoms with Gasteiger partial charge in [-0.1, -0.05) is 43.9 Å². The maximum Gasteiger partial charge on any atom is 0.277 e. The molecule has 30 heavy (non-hydrogen) atoms. The second kappa shape index (κ2) is 9.25. The summed E-state index contributed by atoms with van der Waals surface area (Å²) in [4.78, 5) is 12.7. The molecule has 0 saturated heterocycles. The number of nitrogens with zero attached hydrogens (tertiary/aromatic N) is 4. The van der Waals surface area contributed by atoms with E-state index in [1.165, 1.54) is 43.9 Å². The van der Waals surface area contributed by atoms with E-state index in [1.807, 2.05) is 13.8 Å². The fourth-order valence-corrected chi connectivity index (χ4v) is 5.36. The van der Waals surface area contributed by atoms with E-state index < -0.39 is 0 Å². The summed E-state index contributed by atoms with van der Waals surface area (Å²) in [6.45, 7) is 3.99. The summed E-state index contributed by atoms with van der Waals surface area (Å²) in [6.07, 6.45) is 10.4. The molecular formula is C22H29N5O2S. The molecule has 0 spiro atoms. The minimum absolute atomic E-state index is 0.161. The maximum absolute atomic E-state index is 12.7. The van der Waals surface area contributed by atoms with Gasteiger partial charge in [0, 0.05) is 17.7 Å².